The van der Waals surface area contributed by atoms with Crippen molar-refractivity contribution >= 4 is 11.6 Å². The number of benzene rings is 1. The highest BCUT2D eigenvalue weighted by atomic mass is 16.5. The van der Waals surface area contributed by atoms with E-state index in [0.717, 1.165) is 6.20 Å². The van der Waals surface area contributed by atoms with Crippen LogP contribution in [0.3, 0.4) is 0 Å². The van der Waals surface area contributed by atoms with Crippen LogP contribution in [0.25, 0.3) is 0 Å². The molecule has 0 fully saturated rings. The van der Waals surface area contributed by atoms with E-state index in [1.807, 2.05) is 13.8 Å². The SMILES string of the molecule is CCOc1ccc(NC(=O)c2c[nH]c(=O)cn2)cc1OCC. The number of amides is 1. The molecule has 1 amide bonds. The Hall–Kier alpha value is -2.83. The Morgan fingerprint density at radius 3 is 2.59 bits per heavy atom. The molecule has 1 heterocycles. The van der Waals surface area contributed by atoms with Crippen molar-refractivity contribution in [2.75, 3.05) is 18.5 Å². The third-order valence-electron chi connectivity index (χ3n) is 2.71. The number of ether oxygens (including phenoxy) is 2. The van der Waals surface area contributed by atoms with E-state index in [1.165, 1.54) is 6.20 Å². The van der Waals surface area contributed by atoms with E-state index in [-0.39, 0.29) is 11.3 Å². The number of anilines is 1. The molecule has 2 N–H and O–H groups in total. The Morgan fingerprint density at radius 1 is 1.23 bits per heavy atom. The van der Waals surface area contributed by atoms with Gasteiger partial charge in [0.2, 0.25) is 0 Å². The largest absolute Gasteiger partial charge is 0.490 e. The van der Waals surface area contributed by atoms with Gasteiger partial charge in [0.1, 0.15) is 5.69 Å². The minimum Gasteiger partial charge on any atom is -0.490 e. The first-order valence-electron chi connectivity index (χ1n) is 6.89. The number of nitrogens with one attached hydrogen (secondary N) is 2. The van der Waals surface area contributed by atoms with E-state index in [0.29, 0.717) is 30.4 Å². The van der Waals surface area contributed by atoms with Crippen LogP contribution in [0.2, 0.25) is 0 Å². The first-order chi connectivity index (χ1) is 10.6. The van der Waals surface area contributed by atoms with Gasteiger partial charge in [0, 0.05) is 18.0 Å². The van der Waals surface area contributed by atoms with Crippen molar-refractivity contribution in [2.45, 2.75) is 13.8 Å². The predicted molar refractivity (Wildman–Crippen MR) is 81.6 cm³/mol. The maximum absolute atomic E-state index is 12.0. The van der Waals surface area contributed by atoms with Crippen LogP contribution < -0.4 is 20.3 Å². The Kier molecular flexibility index (Phi) is 5.13. The van der Waals surface area contributed by atoms with Crippen LogP contribution in [0.5, 0.6) is 11.5 Å². The van der Waals surface area contributed by atoms with Crippen molar-refractivity contribution < 1.29 is 14.3 Å². The average molecular weight is 303 g/mol. The molecule has 0 radical (unpaired) electrons. The topological polar surface area (TPSA) is 93.3 Å². The molecule has 7 heteroatoms. The standard InChI is InChI=1S/C15H17N3O4/c1-3-21-12-6-5-10(7-13(12)22-4-2)18-15(20)11-8-17-14(19)9-16-11/h5-9H,3-4H2,1-2H3,(H,17,19)(H,18,20). The zero-order chi connectivity index (χ0) is 15.9. The molecule has 0 saturated heterocycles. The summed E-state index contributed by atoms with van der Waals surface area (Å²) in [5, 5.41) is 2.69. The average Bonchev–Trinajstić information content (AvgIpc) is 2.51. The Balaban J connectivity index is 2.18. The molecule has 1 aromatic carbocycles. The quantitative estimate of drug-likeness (QED) is 0.849. The van der Waals surface area contributed by atoms with Crippen LogP contribution in [-0.4, -0.2) is 29.1 Å². The van der Waals surface area contributed by atoms with Crippen molar-refractivity contribution in [1.29, 1.82) is 0 Å². The molecule has 22 heavy (non-hydrogen) atoms. The summed E-state index contributed by atoms with van der Waals surface area (Å²) in [7, 11) is 0. The lowest BCUT2D eigenvalue weighted by Gasteiger charge is -2.12. The predicted octanol–water partition coefficient (Wildman–Crippen LogP) is 1.82. The number of hydrogen-bond donors (Lipinski definition) is 2. The van der Waals surface area contributed by atoms with Crippen LogP contribution in [0.1, 0.15) is 24.3 Å². The van der Waals surface area contributed by atoms with Crippen molar-refractivity contribution in [3.05, 3.63) is 46.6 Å². The fourth-order valence-electron chi connectivity index (χ4n) is 1.79. The smallest absolute Gasteiger partial charge is 0.275 e. The second-order valence-corrected chi connectivity index (χ2v) is 4.28. The maximum atomic E-state index is 12.0. The number of rotatable bonds is 6. The van der Waals surface area contributed by atoms with E-state index >= 15 is 0 Å². The van der Waals surface area contributed by atoms with E-state index in [2.05, 4.69) is 15.3 Å². The van der Waals surface area contributed by atoms with Gasteiger partial charge < -0.3 is 19.8 Å². The molecule has 116 valence electrons. The van der Waals surface area contributed by atoms with Gasteiger partial charge in [-0.3, -0.25) is 9.59 Å². The van der Waals surface area contributed by atoms with Crippen LogP contribution in [0.15, 0.2) is 35.4 Å². The minimum atomic E-state index is -0.428. The van der Waals surface area contributed by atoms with Crippen LogP contribution in [-0.2, 0) is 0 Å². The summed E-state index contributed by atoms with van der Waals surface area (Å²) >= 11 is 0. The molecule has 0 atom stereocenters. The van der Waals surface area contributed by atoms with Crippen molar-refractivity contribution in [2.24, 2.45) is 0 Å². The summed E-state index contributed by atoms with van der Waals surface area (Å²) in [5.41, 5.74) is 0.299. The first kappa shape index (κ1) is 15.6. The molecule has 1 aromatic heterocycles. The number of nitrogens with zero attached hydrogens (tertiary/aromatic N) is 1. The maximum Gasteiger partial charge on any atom is 0.275 e. The number of aromatic amines is 1. The molecular weight excluding hydrogens is 286 g/mol. The number of hydrogen-bond acceptors (Lipinski definition) is 5. The second-order valence-electron chi connectivity index (χ2n) is 4.28. The first-order valence-corrected chi connectivity index (χ1v) is 6.89. The van der Waals surface area contributed by atoms with Gasteiger partial charge in [0.05, 0.1) is 19.4 Å². The lowest BCUT2D eigenvalue weighted by Crippen LogP contribution is -2.17. The van der Waals surface area contributed by atoms with Crippen molar-refractivity contribution in [1.82, 2.24) is 9.97 Å². The summed E-state index contributed by atoms with van der Waals surface area (Å²) in [6.07, 6.45) is 2.31. The lowest BCUT2D eigenvalue weighted by atomic mass is 10.2. The third kappa shape index (κ3) is 3.85. The van der Waals surface area contributed by atoms with E-state index in [1.54, 1.807) is 18.2 Å². The van der Waals surface area contributed by atoms with Gasteiger partial charge in [-0.1, -0.05) is 0 Å². The van der Waals surface area contributed by atoms with Gasteiger partial charge in [0.15, 0.2) is 11.5 Å². The van der Waals surface area contributed by atoms with Gasteiger partial charge in [-0.15, -0.1) is 0 Å². The zero-order valence-electron chi connectivity index (χ0n) is 12.4. The highest BCUT2D eigenvalue weighted by molar-refractivity contribution is 6.02. The normalized spacial score (nSPS) is 10.1. The minimum absolute atomic E-state index is 0.117. The molecule has 2 rings (SSSR count). The summed E-state index contributed by atoms with van der Waals surface area (Å²) in [5.74, 6) is 0.740. The molecule has 0 unspecified atom stereocenters. The van der Waals surface area contributed by atoms with Gasteiger partial charge in [-0.25, -0.2) is 4.98 Å². The highest BCUT2D eigenvalue weighted by Gasteiger charge is 2.11. The molecule has 0 bridgehead atoms. The molecular formula is C15H17N3O4. The van der Waals surface area contributed by atoms with E-state index in [9.17, 15) is 9.59 Å². The second kappa shape index (κ2) is 7.26. The van der Waals surface area contributed by atoms with E-state index < -0.39 is 5.91 Å². The Morgan fingerprint density at radius 2 is 1.95 bits per heavy atom. The fourth-order valence-corrected chi connectivity index (χ4v) is 1.79. The molecule has 2 aromatic rings. The monoisotopic (exact) mass is 303 g/mol. The summed E-state index contributed by atoms with van der Waals surface area (Å²) in [6.45, 7) is 4.75. The van der Waals surface area contributed by atoms with Crippen molar-refractivity contribution in [3.63, 3.8) is 0 Å². The third-order valence-corrected chi connectivity index (χ3v) is 2.71. The number of aromatic nitrogens is 2. The van der Waals surface area contributed by atoms with Crippen LogP contribution >= 0.6 is 0 Å². The van der Waals surface area contributed by atoms with Gasteiger partial charge in [-0.05, 0) is 26.0 Å². The summed E-state index contributed by atoms with van der Waals surface area (Å²) in [6, 6.07) is 5.11. The molecule has 0 saturated carbocycles. The summed E-state index contributed by atoms with van der Waals surface area (Å²) < 4.78 is 11.0. The van der Waals surface area contributed by atoms with Gasteiger partial charge in [0.25, 0.3) is 11.5 Å². The summed E-state index contributed by atoms with van der Waals surface area (Å²) in [4.78, 5) is 29.1. The number of carbonyl (C=O) groups excluding carboxylic acids is 1. The van der Waals surface area contributed by atoms with Crippen LogP contribution in [0.4, 0.5) is 5.69 Å². The van der Waals surface area contributed by atoms with E-state index in [4.69, 9.17) is 9.47 Å². The van der Waals surface area contributed by atoms with Crippen molar-refractivity contribution in [3.8, 4) is 11.5 Å². The molecule has 7 nitrogen and oxygen atoms in total. The fraction of sp³-hybridized carbons (Fsp3) is 0.267. The zero-order valence-corrected chi connectivity index (χ0v) is 12.4. The Bertz CT molecular complexity index is 692. The molecule has 0 spiro atoms. The Labute approximate surface area is 127 Å². The lowest BCUT2D eigenvalue weighted by molar-refractivity contribution is 0.102. The van der Waals surface area contributed by atoms with Gasteiger partial charge >= 0.3 is 0 Å². The highest BCUT2D eigenvalue weighted by Crippen LogP contribution is 2.30. The molecule has 0 aliphatic rings. The molecule has 0 aliphatic heterocycles. The number of H-pyrrole nitrogens is 1. The van der Waals surface area contributed by atoms with Gasteiger partial charge in [-0.2, -0.15) is 0 Å². The van der Waals surface area contributed by atoms with Crippen LogP contribution in [0, 0.1) is 0 Å². The molecule has 0 aliphatic carbocycles. The number of carbonyl (C=O) groups is 1.